The molecule has 0 unspecified atom stereocenters. The van der Waals surface area contributed by atoms with Gasteiger partial charge in [0.25, 0.3) is 0 Å². The third kappa shape index (κ3) is 3.19. The van der Waals surface area contributed by atoms with Gasteiger partial charge in [-0.05, 0) is 30.3 Å². The molecule has 3 nitrogen and oxygen atoms in total. The van der Waals surface area contributed by atoms with Gasteiger partial charge in [-0.2, -0.15) is 0 Å². The van der Waals surface area contributed by atoms with Gasteiger partial charge in [-0.3, -0.25) is 4.99 Å². The number of hydrogen-bond donors (Lipinski definition) is 1. The molecule has 19 heavy (non-hydrogen) atoms. The Labute approximate surface area is 121 Å². The molecule has 0 spiro atoms. The Morgan fingerprint density at radius 2 is 1.95 bits per heavy atom. The molecule has 0 aromatic heterocycles. The molecule has 0 amide bonds. The summed E-state index contributed by atoms with van der Waals surface area (Å²) in [6.45, 7) is 0. The van der Waals surface area contributed by atoms with Crippen LogP contribution in [0.3, 0.4) is 0 Å². The highest BCUT2D eigenvalue weighted by Crippen LogP contribution is 2.29. The number of aromatic hydroxyl groups is 1. The maximum Gasteiger partial charge on any atom is 0.166 e. The van der Waals surface area contributed by atoms with Gasteiger partial charge < -0.3 is 9.84 Å². The van der Waals surface area contributed by atoms with Crippen LogP contribution < -0.4 is 4.74 Å². The lowest BCUT2D eigenvalue weighted by atomic mass is 10.2. The van der Waals surface area contributed by atoms with E-state index in [0.29, 0.717) is 27.0 Å². The van der Waals surface area contributed by atoms with Crippen molar-refractivity contribution in [1.29, 1.82) is 0 Å². The standard InChI is InChI=1S/C14H11Cl2NO2/c1-19-13-4-2-3-9(14(13)18)8-17-10-5-6-11(15)12(16)7-10/h2-8,18H,1H3. The van der Waals surface area contributed by atoms with Gasteiger partial charge in [-0.15, -0.1) is 0 Å². The van der Waals surface area contributed by atoms with Crippen molar-refractivity contribution in [2.75, 3.05) is 7.11 Å². The van der Waals surface area contributed by atoms with Crippen molar-refractivity contribution in [2.45, 2.75) is 0 Å². The molecular formula is C14H11Cl2NO2. The Morgan fingerprint density at radius 3 is 2.63 bits per heavy atom. The fourth-order valence-electron chi connectivity index (χ4n) is 1.52. The number of para-hydroxylation sites is 1. The molecule has 0 bridgehead atoms. The van der Waals surface area contributed by atoms with E-state index in [0.717, 1.165) is 0 Å². The second-order valence-electron chi connectivity index (χ2n) is 3.75. The van der Waals surface area contributed by atoms with E-state index in [2.05, 4.69) is 4.99 Å². The topological polar surface area (TPSA) is 41.8 Å². The fourth-order valence-corrected chi connectivity index (χ4v) is 1.81. The number of rotatable bonds is 3. The molecule has 1 N–H and O–H groups in total. The predicted molar refractivity (Wildman–Crippen MR) is 78.4 cm³/mol. The van der Waals surface area contributed by atoms with E-state index in [1.54, 1.807) is 36.4 Å². The number of aliphatic imine (C=N–C) groups is 1. The van der Waals surface area contributed by atoms with Gasteiger partial charge in [-0.25, -0.2) is 0 Å². The molecule has 2 aromatic carbocycles. The Bertz CT molecular complexity index is 627. The Balaban J connectivity index is 2.30. The minimum atomic E-state index is 0.0498. The first-order chi connectivity index (χ1) is 9.11. The molecule has 0 aliphatic heterocycles. The van der Waals surface area contributed by atoms with E-state index in [1.807, 2.05) is 0 Å². The van der Waals surface area contributed by atoms with E-state index >= 15 is 0 Å². The zero-order valence-electron chi connectivity index (χ0n) is 10.1. The van der Waals surface area contributed by atoms with Crippen molar-refractivity contribution in [2.24, 2.45) is 4.99 Å². The second kappa shape index (κ2) is 5.95. The summed E-state index contributed by atoms with van der Waals surface area (Å²) < 4.78 is 5.02. The Kier molecular flexibility index (Phi) is 4.30. The van der Waals surface area contributed by atoms with Gasteiger partial charge in [0, 0.05) is 11.8 Å². The van der Waals surface area contributed by atoms with Crippen molar-refractivity contribution in [3.63, 3.8) is 0 Å². The van der Waals surface area contributed by atoms with Crippen LogP contribution in [0.5, 0.6) is 11.5 Å². The van der Waals surface area contributed by atoms with Gasteiger partial charge in [0.2, 0.25) is 0 Å². The summed E-state index contributed by atoms with van der Waals surface area (Å²) in [5.41, 5.74) is 1.21. The first-order valence-corrected chi connectivity index (χ1v) is 6.22. The number of halogens is 2. The molecule has 0 fully saturated rings. The first-order valence-electron chi connectivity index (χ1n) is 5.47. The van der Waals surface area contributed by atoms with E-state index in [9.17, 15) is 5.11 Å². The number of hydrogen-bond acceptors (Lipinski definition) is 3. The van der Waals surface area contributed by atoms with Gasteiger partial charge >= 0.3 is 0 Å². The average molecular weight is 296 g/mol. The van der Waals surface area contributed by atoms with Crippen molar-refractivity contribution in [3.05, 3.63) is 52.0 Å². The van der Waals surface area contributed by atoms with Gasteiger partial charge in [0.15, 0.2) is 11.5 Å². The van der Waals surface area contributed by atoms with Crippen molar-refractivity contribution in [1.82, 2.24) is 0 Å². The van der Waals surface area contributed by atoms with Gasteiger partial charge in [0.1, 0.15) is 0 Å². The summed E-state index contributed by atoms with van der Waals surface area (Å²) in [6, 6.07) is 10.2. The van der Waals surface area contributed by atoms with Crippen LogP contribution in [-0.2, 0) is 0 Å². The normalized spacial score (nSPS) is 10.9. The lowest BCUT2D eigenvalue weighted by molar-refractivity contribution is 0.373. The first kappa shape index (κ1) is 13.7. The molecule has 0 heterocycles. The maximum absolute atomic E-state index is 9.90. The number of methoxy groups -OCH3 is 1. The molecule has 0 atom stereocenters. The summed E-state index contributed by atoms with van der Waals surface area (Å²) in [5, 5.41) is 10.8. The van der Waals surface area contributed by atoms with Crippen molar-refractivity contribution < 1.29 is 9.84 Å². The van der Waals surface area contributed by atoms with E-state index < -0.39 is 0 Å². The van der Waals surface area contributed by atoms with E-state index in [4.69, 9.17) is 27.9 Å². The molecule has 2 aromatic rings. The molecular weight excluding hydrogens is 285 g/mol. The fraction of sp³-hybridized carbons (Fsp3) is 0.0714. The summed E-state index contributed by atoms with van der Waals surface area (Å²) in [5.74, 6) is 0.451. The molecule has 2 rings (SSSR count). The number of ether oxygens (including phenoxy) is 1. The molecule has 0 saturated heterocycles. The van der Waals surface area contributed by atoms with E-state index in [-0.39, 0.29) is 5.75 Å². The lowest BCUT2D eigenvalue weighted by Crippen LogP contribution is -1.88. The summed E-state index contributed by atoms with van der Waals surface area (Å²) >= 11 is 11.7. The lowest BCUT2D eigenvalue weighted by Gasteiger charge is -2.04. The molecule has 0 saturated carbocycles. The highest BCUT2D eigenvalue weighted by molar-refractivity contribution is 6.42. The monoisotopic (exact) mass is 295 g/mol. The molecule has 0 radical (unpaired) electrons. The van der Waals surface area contributed by atoms with Crippen molar-refractivity contribution >= 4 is 35.1 Å². The van der Waals surface area contributed by atoms with Crippen LogP contribution in [0, 0.1) is 0 Å². The van der Waals surface area contributed by atoms with Crippen LogP contribution in [0.15, 0.2) is 41.4 Å². The highest BCUT2D eigenvalue weighted by Gasteiger charge is 2.05. The van der Waals surface area contributed by atoms with Crippen LogP contribution in [-0.4, -0.2) is 18.4 Å². The molecule has 5 heteroatoms. The number of benzene rings is 2. The van der Waals surface area contributed by atoms with Crippen LogP contribution >= 0.6 is 23.2 Å². The van der Waals surface area contributed by atoms with Crippen LogP contribution in [0.4, 0.5) is 5.69 Å². The number of phenolic OH excluding ortho intramolecular Hbond substituents is 1. The smallest absolute Gasteiger partial charge is 0.166 e. The SMILES string of the molecule is COc1cccc(C=Nc2ccc(Cl)c(Cl)c2)c1O. The second-order valence-corrected chi connectivity index (χ2v) is 4.57. The average Bonchev–Trinajstić information content (AvgIpc) is 2.41. The van der Waals surface area contributed by atoms with Crippen LogP contribution in [0.25, 0.3) is 0 Å². The minimum Gasteiger partial charge on any atom is -0.504 e. The summed E-state index contributed by atoms with van der Waals surface area (Å²) in [4.78, 5) is 4.23. The highest BCUT2D eigenvalue weighted by atomic mass is 35.5. The third-order valence-electron chi connectivity index (χ3n) is 2.51. The summed E-state index contributed by atoms with van der Waals surface area (Å²) in [6.07, 6.45) is 1.54. The number of phenols is 1. The van der Waals surface area contributed by atoms with Crippen LogP contribution in [0.2, 0.25) is 10.0 Å². The predicted octanol–water partition coefficient (Wildman–Crippen LogP) is 4.46. The summed E-state index contributed by atoms with van der Waals surface area (Å²) in [7, 11) is 1.49. The quantitative estimate of drug-likeness (QED) is 0.850. The Hall–Kier alpha value is -1.71. The zero-order chi connectivity index (χ0) is 13.8. The molecule has 0 aliphatic carbocycles. The largest absolute Gasteiger partial charge is 0.504 e. The zero-order valence-corrected chi connectivity index (χ0v) is 11.6. The third-order valence-corrected chi connectivity index (χ3v) is 3.25. The van der Waals surface area contributed by atoms with Gasteiger partial charge in [-0.1, -0.05) is 29.3 Å². The maximum atomic E-state index is 9.90. The minimum absolute atomic E-state index is 0.0498. The number of nitrogens with zero attached hydrogens (tertiary/aromatic N) is 1. The van der Waals surface area contributed by atoms with Gasteiger partial charge in [0.05, 0.1) is 22.8 Å². The Morgan fingerprint density at radius 1 is 1.16 bits per heavy atom. The van der Waals surface area contributed by atoms with E-state index in [1.165, 1.54) is 13.3 Å². The molecule has 0 aliphatic rings. The molecule has 98 valence electrons. The van der Waals surface area contributed by atoms with Crippen LogP contribution in [0.1, 0.15) is 5.56 Å². The van der Waals surface area contributed by atoms with Crippen molar-refractivity contribution in [3.8, 4) is 11.5 Å².